The van der Waals surface area contributed by atoms with Gasteiger partial charge in [-0.05, 0) is 25.5 Å². The molecule has 106 valence electrons. The summed E-state index contributed by atoms with van der Waals surface area (Å²) < 4.78 is 14.7. The molecule has 0 aliphatic carbocycles. The second-order valence-corrected chi connectivity index (χ2v) is 6.33. The molecule has 1 saturated heterocycles. The minimum absolute atomic E-state index is 0.115. The summed E-state index contributed by atoms with van der Waals surface area (Å²) >= 11 is 3.30. The minimum atomic E-state index is -0.115. The third-order valence-electron chi connectivity index (χ3n) is 3.74. The highest BCUT2D eigenvalue weighted by Gasteiger charge is 2.25. The summed E-state index contributed by atoms with van der Waals surface area (Å²) in [5, 5.41) is 3.51. The Morgan fingerprint density at radius 1 is 1.47 bits per heavy atom. The fraction of sp³-hybridized carbons (Fsp3) is 0.600. The Morgan fingerprint density at radius 2 is 2.26 bits per heavy atom. The molecule has 0 amide bonds. The van der Waals surface area contributed by atoms with Crippen molar-refractivity contribution in [3.8, 4) is 0 Å². The van der Waals surface area contributed by atoms with Crippen molar-refractivity contribution in [3.05, 3.63) is 34.1 Å². The van der Waals surface area contributed by atoms with Crippen molar-refractivity contribution in [2.75, 3.05) is 13.1 Å². The highest BCUT2D eigenvalue weighted by atomic mass is 79.9. The van der Waals surface area contributed by atoms with Gasteiger partial charge in [0.05, 0.1) is 0 Å². The third-order valence-corrected chi connectivity index (χ3v) is 4.23. The third kappa shape index (κ3) is 4.01. The summed E-state index contributed by atoms with van der Waals surface area (Å²) in [6.45, 7) is 7.09. The lowest BCUT2D eigenvalue weighted by molar-refractivity contribution is 0.118. The van der Waals surface area contributed by atoms with Crippen LogP contribution in [0.1, 0.15) is 32.3 Å². The van der Waals surface area contributed by atoms with Crippen LogP contribution in [0.5, 0.6) is 0 Å². The van der Waals surface area contributed by atoms with Crippen LogP contribution in [0.25, 0.3) is 0 Å². The van der Waals surface area contributed by atoms with Gasteiger partial charge in [-0.25, -0.2) is 4.39 Å². The van der Waals surface area contributed by atoms with Crippen LogP contribution in [-0.4, -0.2) is 30.1 Å². The van der Waals surface area contributed by atoms with Crippen LogP contribution >= 0.6 is 15.9 Å². The molecular formula is C15H22BrFN2. The molecule has 1 aliphatic heterocycles. The maximum Gasteiger partial charge on any atom is 0.128 e. The quantitative estimate of drug-likeness (QED) is 0.909. The van der Waals surface area contributed by atoms with Gasteiger partial charge in [-0.2, -0.15) is 0 Å². The van der Waals surface area contributed by atoms with Crippen LogP contribution in [-0.2, 0) is 6.54 Å². The molecule has 2 rings (SSSR count). The van der Waals surface area contributed by atoms with E-state index in [0.717, 1.165) is 29.5 Å². The molecule has 1 heterocycles. The van der Waals surface area contributed by atoms with Crippen molar-refractivity contribution in [1.82, 2.24) is 10.2 Å². The molecule has 1 aromatic rings. The van der Waals surface area contributed by atoms with Gasteiger partial charge in [-0.15, -0.1) is 0 Å². The van der Waals surface area contributed by atoms with E-state index in [2.05, 4.69) is 40.0 Å². The van der Waals surface area contributed by atoms with E-state index in [1.165, 1.54) is 6.42 Å². The molecule has 1 N–H and O–H groups in total. The molecule has 19 heavy (non-hydrogen) atoms. The molecule has 0 bridgehead atoms. The maximum atomic E-state index is 13.9. The monoisotopic (exact) mass is 328 g/mol. The van der Waals surface area contributed by atoms with Gasteiger partial charge in [-0.3, -0.25) is 4.90 Å². The average molecular weight is 329 g/mol. The Bertz CT molecular complexity index is 425. The van der Waals surface area contributed by atoms with Gasteiger partial charge in [0.25, 0.3) is 0 Å². The zero-order valence-electron chi connectivity index (χ0n) is 11.6. The van der Waals surface area contributed by atoms with Crippen LogP contribution in [0.2, 0.25) is 0 Å². The summed E-state index contributed by atoms with van der Waals surface area (Å²) in [6, 6.07) is 6.35. The van der Waals surface area contributed by atoms with Crippen LogP contribution in [0.4, 0.5) is 4.39 Å². The Hall–Kier alpha value is -0.450. The van der Waals surface area contributed by atoms with E-state index in [1.807, 2.05) is 12.1 Å². The summed E-state index contributed by atoms with van der Waals surface area (Å²) in [6.07, 6.45) is 2.33. The Labute approximate surface area is 123 Å². The fourth-order valence-electron chi connectivity index (χ4n) is 2.71. The number of nitrogens with one attached hydrogen (secondary N) is 1. The summed E-state index contributed by atoms with van der Waals surface area (Å²) in [5.41, 5.74) is 0.790. The van der Waals surface area contributed by atoms with Crippen LogP contribution in [0.15, 0.2) is 22.7 Å². The fourth-order valence-corrected chi connectivity index (χ4v) is 3.05. The van der Waals surface area contributed by atoms with Gasteiger partial charge in [0, 0.05) is 41.8 Å². The standard InChI is InChI=1S/C15H22BrFN2/c1-3-4-14-8-18-11(2)9-19(14)10-12-5-6-13(16)7-15(12)17/h5-7,11,14,18H,3-4,8-10H2,1-2H3. The number of halogens is 2. The lowest BCUT2D eigenvalue weighted by Crippen LogP contribution is -2.54. The second kappa shape index (κ2) is 6.82. The molecule has 2 nitrogen and oxygen atoms in total. The topological polar surface area (TPSA) is 15.3 Å². The number of hydrogen-bond acceptors (Lipinski definition) is 2. The zero-order valence-corrected chi connectivity index (χ0v) is 13.2. The van der Waals surface area contributed by atoms with Crippen molar-refractivity contribution in [3.63, 3.8) is 0 Å². The minimum Gasteiger partial charge on any atom is -0.311 e. The first-order chi connectivity index (χ1) is 9.10. The largest absolute Gasteiger partial charge is 0.311 e. The summed E-state index contributed by atoms with van der Waals surface area (Å²) in [4.78, 5) is 2.41. The van der Waals surface area contributed by atoms with Crippen LogP contribution in [0.3, 0.4) is 0 Å². The van der Waals surface area contributed by atoms with Crippen molar-refractivity contribution in [1.29, 1.82) is 0 Å². The molecule has 1 aliphatic rings. The Kier molecular flexibility index (Phi) is 5.37. The van der Waals surface area contributed by atoms with Crippen molar-refractivity contribution in [2.24, 2.45) is 0 Å². The molecule has 2 unspecified atom stereocenters. The van der Waals surface area contributed by atoms with E-state index >= 15 is 0 Å². The highest BCUT2D eigenvalue weighted by molar-refractivity contribution is 9.10. The molecule has 4 heteroatoms. The average Bonchev–Trinajstić information content (AvgIpc) is 2.36. The first-order valence-corrected chi connectivity index (χ1v) is 7.80. The normalized spacial score (nSPS) is 24.6. The van der Waals surface area contributed by atoms with Gasteiger partial charge in [0.15, 0.2) is 0 Å². The van der Waals surface area contributed by atoms with E-state index in [-0.39, 0.29) is 5.82 Å². The Morgan fingerprint density at radius 3 is 2.95 bits per heavy atom. The zero-order chi connectivity index (χ0) is 13.8. The molecule has 0 spiro atoms. The summed E-state index contributed by atoms with van der Waals surface area (Å²) in [7, 11) is 0. The lowest BCUT2D eigenvalue weighted by Gasteiger charge is -2.39. The predicted molar refractivity (Wildman–Crippen MR) is 80.7 cm³/mol. The van der Waals surface area contributed by atoms with Gasteiger partial charge in [-0.1, -0.05) is 35.3 Å². The number of benzene rings is 1. The lowest BCUT2D eigenvalue weighted by atomic mass is 10.0. The molecule has 1 aromatic carbocycles. The van der Waals surface area contributed by atoms with E-state index in [0.29, 0.717) is 18.6 Å². The maximum absolute atomic E-state index is 13.9. The SMILES string of the molecule is CCCC1CNC(C)CN1Cc1ccc(Br)cc1F. The first-order valence-electron chi connectivity index (χ1n) is 7.01. The molecule has 1 fully saturated rings. The molecule has 0 aromatic heterocycles. The highest BCUT2D eigenvalue weighted by Crippen LogP contribution is 2.20. The number of hydrogen-bond donors (Lipinski definition) is 1. The Balaban J connectivity index is 2.09. The van der Waals surface area contributed by atoms with E-state index < -0.39 is 0 Å². The van der Waals surface area contributed by atoms with Crippen molar-refractivity contribution in [2.45, 2.75) is 45.3 Å². The van der Waals surface area contributed by atoms with E-state index in [4.69, 9.17) is 0 Å². The number of rotatable bonds is 4. The van der Waals surface area contributed by atoms with Gasteiger partial charge < -0.3 is 5.32 Å². The van der Waals surface area contributed by atoms with Gasteiger partial charge in [0.2, 0.25) is 0 Å². The molecule has 0 radical (unpaired) electrons. The van der Waals surface area contributed by atoms with E-state index in [9.17, 15) is 4.39 Å². The molecule has 0 saturated carbocycles. The van der Waals surface area contributed by atoms with Crippen LogP contribution < -0.4 is 5.32 Å². The van der Waals surface area contributed by atoms with Gasteiger partial charge in [0.1, 0.15) is 5.82 Å². The van der Waals surface area contributed by atoms with Crippen molar-refractivity contribution < 1.29 is 4.39 Å². The van der Waals surface area contributed by atoms with Gasteiger partial charge >= 0.3 is 0 Å². The smallest absolute Gasteiger partial charge is 0.128 e. The second-order valence-electron chi connectivity index (χ2n) is 5.42. The molecule has 2 atom stereocenters. The van der Waals surface area contributed by atoms with E-state index in [1.54, 1.807) is 6.07 Å². The number of piperazine rings is 1. The van der Waals surface area contributed by atoms with Crippen LogP contribution in [0, 0.1) is 5.82 Å². The molecular weight excluding hydrogens is 307 g/mol. The first kappa shape index (κ1) is 14.9. The predicted octanol–water partition coefficient (Wildman–Crippen LogP) is 3.55. The summed E-state index contributed by atoms with van der Waals surface area (Å²) in [5.74, 6) is -0.115. The van der Waals surface area contributed by atoms with Crippen molar-refractivity contribution >= 4 is 15.9 Å². The number of nitrogens with zero attached hydrogens (tertiary/aromatic N) is 1.